The Morgan fingerprint density at radius 3 is 0.897 bits per heavy atom. The third-order valence-corrected chi connectivity index (χ3v) is 2.62. The van der Waals surface area contributed by atoms with Crippen molar-refractivity contribution in [3.05, 3.63) is 90.3 Å². The summed E-state index contributed by atoms with van der Waals surface area (Å²) in [5.41, 5.74) is -0.0903. The van der Waals surface area contributed by atoms with Gasteiger partial charge in [0.15, 0.2) is 0 Å². The molecule has 0 aliphatic carbocycles. The summed E-state index contributed by atoms with van der Waals surface area (Å²) in [5.74, 6) is -3.72. The van der Waals surface area contributed by atoms with Gasteiger partial charge in [-0.1, -0.05) is 18.2 Å². The first kappa shape index (κ1) is 27.6. The van der Waals surface area contributed by atoms with Crippen molar-refractivity contribution < 1.29 is 52.5 Å². The number of carboxylic acid groups (broad SMARTS) is 3. The molecule has 0 fully saturated rings. The summed E-state index contributed by atoms with van der Waals surface area (Å²) >= 11 is 0. The molecule has 3 aromatic heterocycles. The van der Waals surface area contributed by atoms with Crippen molar-refractivity contribution in [2.45, 2.75) is 0 Å². The maximum Gasteiger partial charge on any atom is 3.00 e. The summed E-state index contributed by atoms with van der Waals surface area (Å²) in [6, 6.07) is 13.9. The Morgan fingerprint density at radius 1 is 0.552 bits per heavy atom. The van der Waals surface area contributed by atoms with E-state index in [1.54, 1.807) is 36.4 Å². The number of rotatable bonds is 3. The standard InChI is InChI=1S/3C6H5NO2.Cr.H2O/c3*8-6(9)5-3-1-2-4-7-5;;/h3*1-4H,(H,8,9);;1H2/q;;;+3;/p-3. The second-order valence-corrected chi connectivity index (χ2v) is 4.51. The van der Waals surface area contributed by atoms with Crippen LogP contribution in [0.1, 0.15) is 31.5 Å². The molecule has 3 heterocycles. The predicted molar refractivity (Wildman–Crippen MR) is 89.3 cm³/mol. The van der Waals surface area contributed by atoms with Gasteiger partial charge in [0.2, 0.25) is 0 Å². The van der Waals surface area contributed by atoms with Crippen LogP contribution in [0.15, 0.2) is 73.2 Å². The van der Waals surface area contributed by atoms with Gasteiger partial charge in [-0.2, -0.15) is 0 Å². The van der Waals surface area contributed by atoms with Crippen LogP contribution in [-0.4, -0.2) is 38.3 Å². The molecule has 0 aliphatic heterocycles. The van der Waals surface area contributed by atoms with Crippen LogP contribution in [0.4, 0.5) is 0 Å². The Kier molecular flexibility index (Phi) is 14.7. The van der Waals surface area contributed by atoms with Crippen LogP contribution in [0.25, 0.3) is 0 Å². The number of aromatic nitrogens is 3. The Balaban J connectivity index is 0. The van der Waals surface area contributed by atoms with E-state index >= 15 is 0 Å². The Labute approximate surface area is 176 Å². The van der Waals surface area contributed by atoms with E-state index in [2.05, 4.69) is 15.0 Å². The van der Waals surface area contributed by atoms with Gasteiger partial charge in [0.1, 0.15) is 0 Å². The molecule has 11 heteroatoms. The third kappa shape index (κ3) is 11.6. The topological polar surface area (TPSA) is 191 Å². The van der Waals surface area contributed by atoms with Gasteiger partial charge in [-0.3, -0.25) is 15.0 Å². The Bertz CT molecular complexity index is 749. The maximum atomic E-state index is 10.0. The van der Waals surface area contributed by atoms with Crippen molar-refractivity contribution in [2.24, 2.45) is 0 Å². The summed E-state index contributed by atoms with van der Waals surface area (Å²) in [5, 5.41) is 30.1. The van der Waals surface area contributed by atoms with Crippen molar-refractivity contribution in [1.29, 1.82) is 0 Å². The summed E-state index contributed by atoms with van der Waals surface area (Å²) in [6.07, 6.45) is 4.22. The first-order chi connectivity index (χ1) is 12.9. The summed E-state index contributed by atoms with van der Waals surface area (Å²) in [7, 11) is 0. The van der Waals surface area contributed by atoms with Gasteiger partial charge < -0.3 is 35.2 Å². The number of pyridine rings is 3. The number of carboxylic acids is 3. The van der Waals surface area contributed by atoms with Crippen LogP contribution >= 0.6 is 0 Å². The van der Waals surface area contributed by atoms with Gasteiger partial charge in [0.25, 0.3) is 0 Å². The van der Waals surface area contributed by atoms with E-state index in [1.165, 1.54) is 36.8 Å². The minimum Gasteiger partial charge on any atom is -0.543 e. The van der Waals surface area contributed by atoms with E-state index in [0.717, 1.165) is 0 Å². The molecule has 149 valence electrons. The molecule has 3 aromatic rings. The monoisotopic (exact) mass is 436 g/mol. The zero-order chi connectivity index (χ0) is 20.1. The first-order valence-corrected chi connectivity index (χ1v) is 7.29. The fourth-order valence-electron chi connectivity index (χ4n) is 1.45. The molecule has 0 amide bonds. The summed E-state index contributed by atoms with van der Waals surface area (Å²) in [4.78, 5) is 40.6. The minimum atomic E-state index is -1.24. The molecule has 0 spiro atoms. The largest absolute Gasteiger partial charge is 3.00 e. The Hall–Kier alpha value is -3.65. The van der Waals surface area contributed by atoms with Crippen LogP contribution in [0.2, 0.25) is 0 Å². The number of hydrogen-bond acceptors (Lipinski definition) is 9. The smallest absolute Gasteiger partial charge is 0.543 e. The number of carbonyl (C=O) groups is 3. The molecule has 0 aliphatic rings. The molecule has 0 unspecified atom stereocenters. The van der Waals surface area contributed by atoms with E-state index in [-0.39, 0.29) is 39.9 Å². The van der Waals surface area contributed by atoms with Crippen molar-refractivity contribution in [3.8, 4) is 0 Å². The molecular weight excluding hydrogens is 422 g/mol. The fourth-order valence-corrected chi connectivity index (χ4v) is 1.45. The van der Waals surface area contributed by atoms with Gasteiger partial charge in [0.05, 0.1) is 35.0 Å². The molecule has 0 saturated carbocycles. The zero-order valence-corrected chi connectivity index (χ0v) is 15.9. The normalized spacial score (nSPS) is 8.28. The molecule has 29 heavy (non-hydrogen) atoms. The number of hydrogen-bond donors (Lipinski definition) is 0. The van der Waals surface area contributed by atoms with E-state index in [0.29, 0.717) is 0 Å². The maximum absolute atomic E-state index is 10.0. The van der Waals surface area contributed by atoms with Gasteiger partial charge in [-0.25, -0.2) is 0 Å². The summed E-state index contributed by atoms with van der Waals surface area (Å²) < 4.78 is 0. The van der Waals surface area contributed by atoms with Crippen molar-refractivity contribution >= 4 is 17.9 Å². The quantitative estimate of drug-likeness (QED) is 0.427. The zero-order valence-electron chi connectivity index (χ0n) is 14.6. The van der Waals surface area contributed by atoms with Crippen LogP contribution in [-0.2, 0) is 17.4 Å². The van der Waals surface area contributed by atoms with Gasteiger partial charge in [0, 0.05) is 18.6 Å². The second kappa shape index (κ2) is 15.4. The van der Waals surface area contributed by atoms with Crippen molar-refractivity contribution in [2.75, 3.05) is 0 Å². The Morgan fingerprint density at radius 2 is 0.793 bits per heavy atom. The molecule has 0 aromatic carbocycles. The van der Waals surface area contributed by atoms with Crippen LogP contribution in [0.5, 0.6) is 0 Å². The fraction of sp³-hybridized carbons (Fsp3) is 0. The third-order valence-electron chi connectivity index (χ3n) is 2.62. The SMILES string of the molecule is O.O=C([O-])c1ccccn1.O=C([O-])c1ccccn1.O=C([O-])c1ccccn1.[Cr+3]. The van der Waals surface area contributed by atoms with E-state index < -0.39 is 17.9 Å². The minimum absolute atomic E-state index is 0. The average Bonchev–Trinajstić information content (AvgIpc) is 2.71. The molecular formula is C18H14CrN3O7. The van der Waals surface area contributed by atoms with Crippen LogP contribution in [0, 0.1) is 0 Å². The number of carbonyl (C=O) groups excluding carboxylic acids is 3. The van der Waals surface area contributed by atoms with Crippen LogP contribution < -0.4 is 15.3 Å². The number of aromatic carboxylic acids is 3. The molecule has 10 nitrogen and oxygen atoms in total. The molecule has 0 saturated heterocycles. The van der Waals surface area contributed by atoms with E-state index in [1.807, 2.05) is 0 Å². The molecule has 1 radical (unpaired) electrons. The summed E-state index contributed by atoms with van der Waals surface area (Å²) in [6.45, 7) is 0. The first-order valence-electron chi connectivity index (χ1n) is 7.29. The number of nitrogens with zero attached hydrogens (tertiary/aromatic N) is 3. The van der Waals surface area contributed by atoms with E-state index in [4.69, 9.17) is 0 Å². The van der Waals surface area contributed by atoms with Crippen molar-refractivity contribution in [1.82, 2.24) is 15.0 Å². The average molecular weight is 436 g/mol. The molecule has 2 N–H and O–H groups in total. The van der Waals surface area contributed by atoms with Gasteiger partial charge in [-0.05, 0) is 36.4 Å². The van der Waals surface area contributed by atoms with Gasteiger partial charge in [-0.15, -0.1) is 0 Å². The molecule has 3 rings (SSSR count). The van der Waals surface area contributed by atoms with Gasteiger partial charge >= 0.3 is 17.4 Å². The predicted octanol–water partition coefficient (Wildman–Crippen LogP) is -2.49. The van der Waals surface area contributed by atoms with Crippen LogP contribution in [0.3, 0.4) is 0 Å². The molecule has 0 bridgehead atoms. The van der Waals surface area contributed by atoms with E-state index in [9.17, 15) is 29.7 Å². The molecule has 0 atom stereocenters. The van der Waals surface area contributed by atoms with Crippen molar-refractivity contribution in [3.63, 3.8) is 0 Å². The second-order valence-electron chi connectivity index (χ2n) is 4.51.